The van der Waals surface area contributed by atoms with Gasteiger partial charge in [0.1, 0.15) is 5.69 Å². The first kappa shape index (κ1) is 25.1. The second-order valence-corrected chi connectivity index (χ2v) is 9.95. The number of hydrogen-bond donors (Lipinski definition) is 2. The predicted octanol–water partition coefficient (Wildman–Crippen LogP) is 5.16. The standard InChI is InChI=1S/C28H28N4O3S/c1-18-13-15-21(16-14-18)27(34)29-22-9-8-12-24(17-22)36-20(3)26(33)30-25-19(2)31(4)32(28(25)35)23-10-6-5-7-11-23/h5-17,20H,1-4H3,(H,29,34)(H,30,33). The molecule has 0 saturated heterocycles. The van der Waals surface area contributed by atoms with Crippen molar-refractivity contribution in [2.24, 2.45) is 7.05 Å². The Hall–Kier alpha value is -4.04. The molecule has 0 spiro atoms. The molecular formula is C28H28N4O3S. The monoisotopic (exact) mass is 500 g/mol. The Labute approximate surface area is 214 Å². The second-order valence-electron chi connectivity index (χ2n) is 8.53. The van der Waals surface area contributed by atoms with Gasteiger partial charge in [0.15, 0.2) is 0 Å². The van der Waals surface area contributed by atoms with E-state index in [1.54, 1.807) is 43.8 Å². The number of para-hydroxylation sites is 1. The van der Waals surface area contributed by atoms with E-state index in [0.29, 0.717) is 16.9 Å². The highest BCUT2D eigenvalue weighted by atomic mass is 32.2. The number of carbonyl (C=O) groups is 2. The summed E-state index contributed by atoms with van der Waals surface area (Å²) in [5.74, 6) is -0.475. The number of anilines is 2. The zero-order valence-corrected chi connectivity index (χ0v) is 21.4. The summed E-state index contributed by atoms with van der Waals surface area (Å²) >= 11 is 1.35. The van der Waals surface area contributed by atoms with Crippen LogP contribution >= 0.6 is 11.8 Å². The van der Waals surface area contributed by atoms with Crippen molar-refractivity contribution in [3.63, 3.8) is 0 Å². The molecule has 1 aromatic heterocycles. The van der Waals surface area contributed by atoms with E-state index >= 15 is 0 Å². The molecule has 2 N–H and O–H groups in total. The summed E-state index contributed by atoms with van der Waals surface area (Å²) in [5, 5.41) is 5.24. The summed E-state index contributed by atoms with van der Waals surface area (Å²) in [7, 11) is 1.79. The van der Waals surface area contributed by atoms with Crippen molar-refractivity contribution in [3.05, 3.63) is 106 Å². The molecule has 1 unspecified atom stereocenters. The van der Waals surface area contributed by atoms with Crippen LogP contribution in [0.4, 0.5) is 11.4 Å². The molecule has 4 rings (SSSR count). The van der Waals surface area contributed by atoms with Crippen LogP contribution in [0.1, 0.15) is 28.5 Å². The van der Waals surface area contributed by atoms with Gasteiger partial charge in [-0.25, -0.2) is 4.68 Å². The molecule has 8 heteroatoms. The number of thioether (sulfide) groups is 1. The van der Waals surface area contributed by atoms with E-state index in [1.165, 1.54) is 16.4 Å². The van der Waals surface area contributed by atoms with Gasteiger partial charge in [-0.05, 0) is 63.2 Å². The number of hydrogen-bond acceptors (Lipinski definition) is 4. The molecule has 2 amide bonds. The first-order valence-corrected chi connectivity index (χ1v) is 12.4. The molecule has 0 aliphatic rings. The van der Waals surface area contributed by atoms with E-state index < -0.39 is 5.25 Å². The van der Waals surface area contributed by atoms with Crippen LogP contribution in [0.15, 0.2) is 88.6 Å². The van der Waals surface area contributed by atoms with Gasteiger partial charge in [-0.3, -0.25) is 19.1 Å². The Bertz CT molecular complexity index is 1460. The summed E-state index contributed by atoms with van der Waals surface area (Å²) in [5.41, 5.74) is 3.66. The molecule has 36 heavy (non-hydrogen) atoms. The van der Waals surface area contributed by atoms with Crippen LogP contribution in [0.2, 0.25) is 0 Å². The van der Waals surface area contributed by atoms with Gasteiger partial charge >= 0.3 is 0 Å². The fourth-order valence-corrected chi connectivity index (χ4v) is 4.68. The molecule has 0 aliphatic heterocycles. The van der Waals surface area contributed by atoms with Gasteiger partial charge in [0.05, 0.1) is 16.6 Å². The van der Waals surface area contributed by atoms with Crippen LogP contribution in [0.25, 0.3) is 5.69 Å². The number of rotatable bonds is 7. The van der Waals surface area contributed by atoms with E-state index in [0.717, 1.165) is 16.1 Å². The van der Waals surface area contributed by atoms with Gasteiger partial charge in [-0.1, -0.05) is 42.0 Å². The Kier molecular flexibility index (Phi) is 7.45. The third kappa shape index (κ3) is 5.44. The largest absolute Gasteiger partial charge is 0.322 e. The molecule has 3 aromatic carbocycles. The van der Waals surface area contributed by atoms with Crippen molar-refractivity contribution in [1.82, 2.24) is 9.36 Å². The Morgan fingerprint density at radius 1 is 0.889 bits per heavy atom. The van der Waals surface area contributed by atoms with Crippen LogP contribution < -0.4 is 16.2 Å². The van der Waals surface area contributed by atoms with Crippen molar-refractivity contribution in [2.45, 2.75) is 30.9 Å². The van der Waals surface area contributed by atoms with Crippen molar-refractivity contribution in [2.75, 3.05) is 10.6 Å². The van der Waals surface area contributed by atoms with Gasteiger partial charge < -0.3 is 10.6 Å². The van der Waals surface area contributed by atoms with Crippen molar-refractivity contribution < 1.29 is 9.59 Å². The first-order valence-electron chi connectivity index (χ1n) is 11.5. The Morgan fingerprint density at radius 3 is 2.28 bits per heavy atom. The molecule has 184 valence electrons. The average molecular weight is 501 g/mol. The van der Waals surface area contributed by atoms with Gasteiger partial charge in [0.25, 0.3) is 11.5 Å². The molecular weight excluding hydrogens is 472 g/mol. The van der Waals surface area contributed by atoms with E-state index in [2.05, 4.69) is 10.6 Å². The second kappa shape index (κ2) is 10.7. The molecule has 1 atom stereocenters. The normalized spacial score (nSPS) is 11.7. The van der Waals surface area contributed by atoms with Gasteiger partial charge in [-0.2, -0.15) is 0 Å². The maximum atomic E-state index is 13.1. The summed E-state index contributed by atoms with van der Waals surface area (Å²) in [6.45, 7) is 5.55. The SMILES string of the molecule is Cc1ccc(C(=O)Nc2cccc(SC(C)C(=O)Nc3c(C)n(C)n(-c4ccccc4)c3=O)c2)cc1. The number of aryl methyl sites for hydroxylation is 1. The topological polar surface area (TPSA) is 85.1 Å². The lowest BCUT2D eigenvalue weighted by molar-refractivity contribution is -0.115. The third-order valence-electron chi connectivity index (χ3n) is 5.89. The zero-order valence-electron chi connectivity index (χ0n) is 20.6. The minimum atomic E-state index is -0.475. The molecule has 0 aliphatic carbocycles. The maximum absolute atomic E-state index is 13.1. The first-order chi connectivity index (χ1) is 17.2. The molecule has 0 saturated carbocycles. The van der Waals surface area contributed by atoms with E-state index in [1.807, 2.05) is 67.6 Å². The predicted molar refractivity (Wildman–Crippen MR) is 145 cm³/mol. The molecule has 0 bridgehead atoms. The Balaban J connectivity index is 1.45. The van der Waals surface area contributed by atoms with Crippen molar-refractivity contribution in [1.29, 1.82) is 0 Å². The number of nitrogens with zero attached hydrogens (tertiary/aromatic N) is 2. The highest BCUT2D eigenvalue weighted by Gasteiger charge is 2.21. The van der Waals surface area contributed by atoms with E-state index in [-0.39, 0.29) is 23.1 Å². The average Bonchev–Trinajstić information content (AvgIpc) is 3.08. The molecule has 4 aromatic rings. The fourth-order valence-electron chi connectivity index (χ4n) is 3.75. The van der Waals surface area contributed by atoms with Crippen LogP contribution in [0, 0.1) is 13.8 Å². The van der Waals surface area contributed by atoms with Crippen molar-refractivity contribution in [3.8, 4) is 5.69 Å². The van der Waals surface area contributed by atoms with E-state index in [9.17, 15) is 14.4 Å². The number of carbonyl (C=O) groups excluding carboxylic acids is 2. The number of aromatic nitrogens is 2. The van der Waals surface area contributed by atoms with Gasteiger partial charge in [-0.15, -0.1) is 11.8 Å². The van der Waals surface area contributed by atoms with Crippen LogP contribution in [-0.4, -0.2) is 26.4 Å². The smallest absolute Gasteiger partial charge is 0.295 e. The fraction of sp³-hybridized carbons (Fsp3) is 0.179. The van der Waals surface area contributed by atoms with Crippen molar-refractivity contribution >= 4 is 35.0 Å². The maximum Gasteiger partial charge on any atom is 0.295 e. The summed E-state index contributed by atoms with van der Waals surface area (Å²) in [4.78, 5) is 39.5. The number of benzene rings is 3. The lowest BCUT2D eigenvalue weighted by atomic mass is 10.1. The molecule has 7 nitrogen and oxygen atoms in total. The lowest BCUT2D eigenvalue weighted by Gasteiger charge is -2.12. The van der Waals surface area contributed by atoms with E-state index in [4.69, 9.17) is 0 Å². The summed E-state index contributed by atoms with van der Waals surface area (Å²) in [6, 6.07) is 24.0. The van der Waals surface area contributed by atoms with Crippen LogP contribution in [0.3, 0.4) is 0 Å². The zero-order chi connectivity index (χ0) is 25.8. The minimum absolute atomic E-state index is 0.197. The van der Waals surface area contributed by atoms with Crippen LogP contribution in [0.5, 0.6) is 0 Å². The summed E-state index contributed by atoms with van der Waals surface area (Å²) < 4.78 is 3.26. The molecule has 1 heterocycles. The minimum Gasteiger partial charge on any atom is -0.322 e. The molecule has 0 radical (unpaired) electrons. The Morgan fingerprint density at radius 2 is 1.58 bits per heavy atom. The highest BCUT2D eigenvalue weighted by molar-refractivity contribution is 8.00. The summed E-state index contributed by atoms with van der Waals surface area (Å²) in [6.07, 6.45) is 0. The number of nitrogens with one attached hydrogen (secondary N) is 2. The van der Waals surface area contributed by atoms with Gasteiger partial charge in [0.2, 0.25) is 5.91 Å². The van der Waals surface area contributed by atoms with Crippen LogP contribution in [-0.2, 0) is 11.8 Å². The highest BCUT2D eigenvalue weighted by Crippen LogP contribution is 2.27. The van der Waals surface area contributed by atoms with Gasteiger partial charge in [0, 0.05) is 23.2 Å². The lowest BCUT2D eigenvalue weighted by Crippen LogP contribution is -2.27. The molecule has 0 fully saturated rings. The number of amides is 2. The quantitative estimate of drug-likeness (QED) is 0.343. The third-order valence-corrected chi connectivity index (χ3v) is 6.98.